The average molecular weight is 719 g/mol. The van der Waals surface area contributed by atoms with Crippen LogP contribution in [0.5, 0.6) is 0 Å². The third-order valence-corrected chi connectivity index (χ3v) is 8.96. The maximum Gasteiger partial charge on any atom is 0.0573 e. The Balaban J connectivity index is -0.0000000972. The monoisotopic (exact) mass is 717 g/mol. The Morgan fingerprint density at radius 3 is 0.718 bits per heavy atom. The predicted molar refractivity (Wildman–Crippen MR) is 142 cm³/mol. The van der Waals surface area contributed by atoms with Gasteiger partial charge in [-0.15, -0.1) is 0 Å². The quantitative estimate of drug-likeness (QED) is 0.306. The largest absolute Gasteiger partial charge is 1.00 e. The van der Waals surface area contributed by atoms with Gasteiger partial charge in [0.15, 0.2) is 0 Å². The Labute approximate surface area is 306 Å². The van der Waals surface area contributed by atoms with Gasteiger partial charge in [0, 0.05) is 65.2 Å². The van der Waals surface area contributed by atoms with Gasteiger partial charge in [0.2, 0.25) is 0 Å². The molecule has 3 aliphatic rings. The van der Waals surface area contributed by atoms with Gasteiger partial charge in [-0.05, 0) is 91.8 Å². The molecule has 3 aliphatic carbocycles. The summed E-state index contributed by atoms with van der Waals surface area (Å²) in [5.74, 6) is 5.84. The minimum Gasteiger partial charge on any atom is -1.00 e. The Morgan fingerprint density at radius 1 is 0.410 bits per heavy atom. The fourth-order valence-corrected chi connectivity index (χ4v) is 6.46. The second-order valence-electron chi connectivity index (χ2n) is 13.2. The predicted octanol–water partition coefficient (Wildman–Crippen LogP) is -1.68. The Bertz CT molecular complexity index is 462. The van der Waals surface area contributed by atoms with E-state index >= 15 is 0 Å². The van der Waals surface area contributed by atoms with E-state index in [1.54, 1.807) is 0 Å². The molecular formula is C30H60Cl3O3Ti3-3. The molecule has 234 valence electrons. The van der Waals surface area contributed by atoms with Crippen LogP contribution in [-0.4, -0.2) is 33.6 Å². The fourth-order valence-electron chi connectivity index (χ4n) is 6.46. The molecule has 9 unspecified atom stereocenters. The van der Waals surface area contributed by atoms with E-state index in [0.717, 1.165) is 37.0 Å². The number of halogens is 3. The van der Waals surface area contributed by atoms with Gasteiger partial charge in [0.25, 0.3) is 0 Å². The molecule has 3 rings (SSSR count). The molecule has 0 radical (unpaired) electrons. The Morgan fingerprint density at radius 2 is 0.590 bits per heavy atom. The molecule has 0 saturated heterocycles. The molecule has 3 N–H and O–H groups in total. The fraction of sp³-hybridized carbons (Fsp3) is 1.00. The average Bonchev–Trinajstić information content (AvgIpc) is 2.68. The second kappa shape index (κ2) is 28.4. The first-order chi connectivity index (χ1) is 15.3. The van der Waals surface area contributed by atoms with Crippen molar-refractivity contribution in [3.05, 3.63) is 0 Å². The molecule has 0 aliphatic heterocycles. The molecule has 9 atom stereocenters. The van der Waals surface area contributed by atoms with Crippen molar-refractivity contribution in [3.63, 3.8) is 0 Å². The Kier molecular flexibility index (Phi) is 39.6. The first kappa shape index (κ1) is 54.4. The molecule has 3 fully saturated rings. The van der Waals surface area contributed by atoms with Crippen LogP contribution in [0, 0.1) is 53.3 Å². The molecule has 0 amide bonds. The molecule has 3 nitrogen and oxygen atoms in total. The number of hydrogen-bond donors (Lipinski definition) is 3. The summed E-state index contributed by atoms with van der Waals surface area (Å²) < 4.78 is 0. The van der Waals surface area contributed by atoms with Crippen LogP contribution in [0.2, 0.25) is 0 Å². The van der Waals surface area contributed by atoms with Crippen LogP contribution in [-0.2, 0) is 65.2 Å². The summed E-state index contributed by atoms with van der Waals surface area (Å²) >= 11 is 0. The van der Waals surface area contributed by atoms with E-state index in [1.807, 2.05) is 0 Å². The zero-order valence-electron chi connectivity index (χ0n) is 26.3. The molecule has 3 saturated carbocycles. The van der Waals surface area contributed by atoms with Gasteiger partial charge in [0.1, 0.15) is 0 Å². The van der Waals surface area contributed by atoms with Crippen molar-refractivity contribution in [1.82, 2.24) is 0 Å². The van der Waals surface area contributed by atoms with Gasteiger partial charge in [0.05, 0.1) is 18.3 Å². The van der Waals surface area contributed by atoms with Crippen LogP contribution in [0.4, 0.5) is 0 Å². The molecule has 39 heavy (non-hydrogen) atoms. The summed E-state index contributed by atoms with van der Waals surface area (Å²) in [5.41, 5.74) is 0. The zero-order chi connectivity index (χ0) is 25.3. The zero-order valence-corrected chi connectivity index (χ0v) is 33.2. The molecule has 9 heteroatoms. The van der Waals surface area contributed by atoms with Crippen molar-refractivity contribution in [2.24, 2.45) is 53.3 Å². The minimum absolute atomic E-state index is 0. The molecule has 0 aromatic heterocycles. The third kappa shape index (κ3) is 21.3. The maximum absolute atomic E-state index is 9.71. The van der Waals surface area contributed by atoms with Gasteiger partial charge < -0.3 is 52.5 Å². The van der Waals surface area contributed by atoms with Gasteiger partial charge in [-0.3, -0.25) is 0 Å². The maximum atomic E-state index is 9.71. The van der Waals surface area contributed by atoms with Crippen molar-refractivity contribution in [2.45, 2.75) is 138 Å². The number of aliphatic hydroxyl groups is 3. The van der Waals surface area contributed by atoms with Crippen LogP contribution in [0.1, 0.15) is 120 Å². The van der Waals surface area contributed by atoms with E-state index in [1.165, 1.54) is 38.5 Å². The van der Waals surface area contributed by atoms with Gasteiger partial charge in [-0.25, -0.2) is 0 Å². The van der Waals surface area contributed by atoms with Crippen molar-refractivity contribution >= 4 is 0 Å². The summed E-state index contributed by atoms with van der Waals surface area (Å²) in [7, 11) is 0. The van der Waals surface area contributed by atoms with Crippen LogP contribution >= 0.6 is 0 Å². The first-order valence-electron chi connectivity index (χ1n) is 14.4. The summed E-state index contributed by atoms with van der Waals surface area (Å²) in [6.45, 7) is 20.0. The van der Waals surface area contributed by atoms with E-state index in [0.29, 0.717) is 35.5 Å². The van der Waals surface area contributed by atoms with Crippen LogP contribution in [0.15, 0.2) is 0 Å². The van der Waals surface area contributed by atoms with E-state index < -0.39 is 0 Å². The number of hydrogen-bond acceptors (Lipinski definition) is 3. The van der Waals surface area contributed by atoms with Crippen molar-refractivity contribution in [1.29, 1.82) is 0 Å². The van der Waals surface area contributed by atoms with Crippen LogP contribution < -0.4 is 37.2 Å². The normalized spacial score (nSPS) is 33.5. The summed E-state index contributed by atoms with van der Waals surface area (Å²) in [4.78, 5) is 0. The molecular weight excluding hydrogens is 658 g/mol. The van der Waals surface area contributed by atoms with Crippen LogP contribution in [0.3, 0.4) is 0 Å². The Hall–Kier alpha value is 2.89. The van der Waals surface area contributed by atoms with E-state index in [9.17, 15) is 15.3 Å². The van der Waals surface area contributed by atoms with Crippen LogP contribution in [0.25, 0.3) is 0 Å². The second-order valence-corrected chi connectivity index (χ2v) is 13.2. The SMILES string of the molecule is CC1CCC(C(C)C)C(O)C1.CC1CCC(C(C)C)C(O)C1.CC1CCC(C(C)C)C(O)C1.[Cl-].[Cl-].[Cl-].[Ti].[Ti].[Ti]. The summed E-state index contributed by atoms with van der Waals surface area (Å²) in [5, 5.41) is 29.1. The van der Waals surface area contributed by atoms with Crippen molar-refractivity contribution in [3.8, 4) is 0 Å². The topological polar surface area (TPSA) is 60.7 Å². The van der Waals surface area contributed by atoms with Gasteiger partial charge in [-0.1, -0.05) is 81.6 Å². The van der Waals surface area contributed by atoms with E-state index in [2.05, 4.69) is 62.3 Å². The minimum atomic E-state index is -0.0289. The van der Waals surface area contributed by atoms with E-state index in [-0.39, 0.29) is 121 Å². The number of rotatable bonds is 3. The molecule has 0 bridgehead atoms. The van der Waals surface area contributed by atoms with Gasteiger partial charge in [-0.2, -0.15) is 0 Å². The van der Waals surface area contributed by atoms with Crippen molar-refractivity contribution in [2.75, 3.05) is 0 Å². The van der Waals surface area contributed by atoms with E-state index in [4.69, 9.17) is 0 Å². The molecule has 0 aromatic carbocycles. The molecule has 0 aromatic rings. The number of aliphatic hydroxyl groups excluding tert-OH is 3. The standard InChI is InChI=1S/3C10H20O.3ClH.3Ti/c3*1-7(2)9-5-4-8(3)6-10(9)11;;;;;;/h3*7-11H,4-6H2,1-3H3;3*1H;;;/p-3. The molecule has 0 heterocycles. The molecule has 0 spiro atoms. The van der Waals surface area contributed by atoms with Gasteiger partial charge >= 0.3 is 0 Å². The third-order valence-electron chi connectivity index (χ3n) is 8.96. The first-order valence-corrected chi connectivity index (χ1v) is 14.4. The van der Waals surface area contributed by atoms with Crippen molar-refractivity contribution < 1.29 is 118 Å². The smallest absolute Gasteiger partial charge is 0.0573 e. The summed E-state index contributed by atoms with van der Waals surface area (Å²) in [6.07, 6.45) is 10.5. The summed E-state index contributed by atoms with van der Waals surface area (Å²) in [6, 6.07) is 0.